The van der Waals surface area contributed by atoms with Crippen molar-refractivity contribution >= 4 is 15.9 Å². The summed E-state index contributed by atoms with van der Waals surface area (Å²) < 4.78 is 66.8. The normalized spacial score (nSPS) is 12.0. The van der Waals surface area contributed by atoms with Crippen LogP contribution in [-0.2, 0) is 12.6 Å². The van der Waals surface area contributed by atoms with Crippen molar-refractivity contribution in [3.8, 4) is 17.2 Å². The van der Waals surface area contributed by atoms with Crippen molar-refractivity contribution in [2.75, 3.05) is 19.8 Å². The number of hydrogen-bond acceptors (Lipinski definition) is 3. The largest absolute Gasteiger partial charge is 0.493 e. The predicted octanol–water partition coefficient (Wildman–Crippen LogP) is 7.01. The highest BCUT2D eigenvalue weighted by Crippen LogP contribution is 2.31. The van der Waals surface area contributed by atoms with Gasteiger partial charge in [0, 0.05) is 6.42 Å². The van der Waals surface area contributed by atoms with Crippen molar-refractivity contribution in [2.45, 2.75) is 32.9 Å². The van der Waals surface area contributed by atoms with Crippen LogP contribution in [0.15, 0.2) is 47.2 Å². The lowest BCUT2D eigenvalue weighted by Gasteiger charge is -2.16. The van der Waals surface area contributed by atoms with Crippen LogP contribution in [-0.4, -0.2) is 19.8 Å². The summed E-state index contributed by atoms with van der Waals surface area (Å²) in [6, 6.07) is 8.29. The maximum atomic E-state index is 12.7. The van der Waals surface area contributed by atoms with E-state index in [1.165, 1.54) is 18.2 Å². The second-order valence-electron chi connectivity index (χ2n) is 6.46. The van der Waals surface area contributed by atoms with Crippen LogP contribution in [0.25, 0.3) is 0 Å². The molecule has 0 spiro atoms. The van der Waals surface area contributed by atoms with Crippen LogP contribution >= 0.6 is 15.9 Å². The number of halogens is 5. The third kappa shape index (κ3) is 7.55. The van der Waals surface area contributed by atoms with Crippen LogP contribution in [0.5, 0.6) is 17.2 Å². The molecular weight excluding hydrogens is 468 g/mol. The highest BCUT2D eigenvalue weighted by atomic mass is 79.9. The zero-order valence-electron chi connectivity index (χ0n) is 16.7. The summed E-state index contributed by atoms with van der Waals surface area (Å²) >= 11 is 2.71. The molecule has 2 aromatic carbocycles. The van der Waals surface area contributed by atoms with Gasteiger partial charge in [0.15, 0.2) is 4.74 Å². The predicted molar refractivity (Wildman–Crippen MR) is 111 cm³/mol. The summed E-state index contributed by atoms with van der Waals surface area (Å²) in [4.78, 5) is 0. The molecule has 0 aliphatic rings. The minimum absolute atomic E-state index is 0.112. The van der Waals surface area contributed by atoms with E-state index >= 15 is 0 Å². The first-order valence-electron chi connectivity index (χ1n) is 9.41. The molecular formula is C22H23BrF4O3. The Morgan fingerprint density at radius 2 is 1.67 bits per heavy atom. The fourth-order valence-corrected chi connectivity index (χ4v) is 2.86. The molecule has 0 N–H and O–H groups in total. The van der Waals surface area contributed by atoms with Crippen LogP contribution in [0, 0.1) is 6.92 Å². The van der Waals surface area contributed by atoms with Gasteiger partial charge in [-0.05, 0) is 82.9 Å². The Morgan fingerprint density at radius 1 is 1.00 bits per heavy atom. The molecule has 2 aromatic rings. The molecule has 0 heterocycles. The molecule has 0 aliphatic heterocycles. The summed E-state index contributed by atoms with van der Waals surface area (Å²) in [5, 5.41) is 0. The van der Waals surface area contributed by atoms with Crippen LogP contribution < -0.4 is 14.2 Å². The lowest BCUT2D eigenvalue weighted by atomic mass is 10.1. The van der Waals surface area contributed by atoms with E-state index in [9.17, 15) is 17.6 Å². The second-order valence-corrected chi connectivity index (χ2v) is 7.22. The van der Waals surface area contributed by atoms with Crippen LogP contribution in [0.4, 0.5) is 17.6 Å². The van der Waals surface area contributed by atoms with Gasteiger partial charge < -0.3 is 14.2 Å². The summed E-state index contributed by atoms with van der Waals surface area (Å²) in [6.07, 6.45) is -1.78. The minimum atomic E-state index is -4.36. The van der Waals surface area contributed by atoms with Crippen LogP contribution in [0.1, 0.15) is 30.0 Å². The molecule has 0 fully saturated rings. The monoisotopic (exact) mass is 490 g/mol. The van der Waals surface area contributed by atoms with Gasteiger partial charge in [-0.1, -0.05) is 6.92 Å². The first-order chi connectivity index (χ1) is 14.2. The average Bonchev–Trinajstić information content (AvgIpc) is 2.68. The van der Waals surface area contributed by atoms with E-state index in [0.29, 0.717) is 31.1 Å². The Bertz CT molecular complexity index is 845. The van der Waals surface area contributed by atoms with Gasteiger partial charge in [-0.15, -0.1) is 0 Å². The number of ether oxygens (including phenoxy) is 3. The maximum Gasteiger partial charge on any atom is 0.416 e. The van der Waals surface area contributed by atoms with Crippen molar-refractivity contribution in [1.29, 1.82) is 0 Å². The molecule has 0 unspecified atom stereocenters. The third-order valence-corrected chi connectivity index (χ3v) is 4.50. The van der Waals surface area contributed by atoms with Crippen molar-refractivity contribution < 1.29 is 31.8 Å². The molecule has 0 saturated heterocycles. The van der Waals surface area contributed by atoms with E-state index in [1.807, 2.05) is 26.0 Å². The maximum absolute atomic E-state index is 12.7. The highest BCUT2D eigenvalue weighted by Gasteiger charge is 2.30. The summed E-state index contributed by atoms with van der Waals surface area (Å²) in [5.41, 5.74) is 1.16. The smallest absolute Gasteiger partial charge is 0.416 e. The summed E-state index contributed by atoms with van der Waals surface area (Å²) in [6.45, 7) is 4.73. The number of benzene rings is 2. The van der Waals surface area contributed by atoms with Gasteiger partial charge in [0.05, 0.1) is 18.8 Å². The van der Waals surface area contributed by atoms with Crippen molar-refractivity contribution in [3.05, 3.63) is 63.9 Å². The first-order valence-corrected chi connectivity index (χ1v) is 10.2. The lowest BCUT2D eigenvalue weighted by Crippen LogP contribution is -2.08. The van der Waals surface area contributed by atoms with Gasteiger partial charge in [-0.25, -0.2) is 0 Å². The standard InChI is InChI=1S/C22H23BrF4O3/c1-3-16-14-19(29-12-9-20(23)24)13-15(2)21(16)30-11-4-10-28-18-7-5-17(6-8-18)22(25,26)27/h5-9,13-14H,3-4,10-12H2,1-2H3/b20-9+. The molecule has 0 aromatic heterocycles. The summed E-state index contributed by atoms with van der Waals surface area (Å²) in [7, 11) is 0. The number of hydrogen-bond donors (Lipinski definition) is 0. The Balaban J connectivity index is 1.84. The molecule has 0 bridgehead atoms. The van der Waals surface area contributed by atoms with E-state index in [2.05, 4.69) is 15.9 Å². The molecule has 0 amide bonds. The average molecular weight is 491 g/mol. The lowest BCUT2D eigenvalue weighted by molar-refractivity contribution is -0.137. The zero-order chi connectivity index (χ0) is 22.1. The topological polar surface area (TPSA) is 27.7 Å². The quantitative estimate of drug-likeness (QED) is 0.264. The van der Waals surface area contributed by atoms with Crippen molar-refractivity contribution in [1.82, 2.24) is 0 Å². The van der Waals surface area contributed by atoms with E-state index in [0.717, 1.165) is 35.4 Å². The number of rotatable bonds is 10. The van der Waals surface area contributed by atoms with Gasteiger partial charge in [-0.2, -0.15) is 17.6 Å². The second kappa shape index (κ2) is 11.2. The third-order valence-electron chi connectivity index (χ3n) is 4.18. The Hall–Kier alpha value is -2.22. The molecule has 0 radical (unpaired) electrons. The van der Waals surface area contributed by atoms with Gasteiger partial charge >= 0.3 is 6.18 Å². The van der Waals surface area contributed by atoms with E-state index in [4.69, 9.17) is 14.2 Å². The van der Waals surface area contributed by atoms with Crippen LogP contribution in [0.3, 0.4) is 0 Å². The fraction of sp³-hybridized carbons (Fsp3) is 0.364. The Labute approximate surface area is 181 Å². The summed E-state index contributed by atoms with van der Waals surface area (Å²) in [5.74, 6) is 1.78. The van der Waals surface area contributed by atoms with Gasteiger partial charge in [0.2, 0.25) is 0 Å². The first kappa shape index (κ1) is 24.1. The number of alkyl halides is 3. The molecule has 164 valence electrons. The van der Waals surface area contributed by atoms with Crippen molar-refractivity contribution in [3.63, 3.8) is 0 Å². The fourth-order valence-electron chi connectivity index (χ4n) is 2.73. The van der Waals surface area contributed by atoms with E-state index in [-0.39, 0.29) is 6.61 Å². The molecule has 2 rings (SSSR count). The molecule has 0 aliphatic carbocycles. The number of aryl methyl sites for hydroxylation is 2. The van der Waals surface area contributed by atoms with E-state index in [1.54, 1.807) is 0 Å². The molecule has 0 atom stereocenters. The van der Waals surface area contributed by atoms with Crippen LogP contribution in [0.2, 0.25) is 0 Å². The molecule has 30 heavy (non-hydrogen) atoms. The van der Waals surface area contributed by atoms with Gasteiger partial charge in [0.25, 0.3) is 0 Å². The minimum Gasteiger partial charge on any atom is -0.493 e. The molecule has 0 saturated carbocycles. The highest BCUT2D eigenvalue weighted by molar-refractivity contribution is 9.11. The van der Waals surface area contributed by atoms with Gasteiger partial charge in [-0.3, -0.25) is 0 Å². The SMILES string of the molecule is CCc1cc(OC/C=C(/F)Br)cc(C)c1OCCCOc1ccc(C(F)(F)F)cc1. The Kier molecular flexibility index (Phi) is 9.02. The van der Waals surface area contributed by atoms with Crippen molar-refractivity contribution in [2.24, 2.45) is 0 Å². The van der Waals surface area contributed by atoms with Gasteiger partial charge in [0.1, 0.15) is 23.9 Å². The molecule has 3 nitrogen and oxygen atoms in total. The van der Waals surface area contributed by atoms with E-state index < -0.39 is 16.5 Å². The Morgan fingerprint density at radius 3 is 2.27 bits per heavy atom. The zero-order valence-corrected chi connectivity index (χ0v) is 18.3. The molecule has 8 heteroatoms.